The molecule has 3 heterocycles. The van der Waals surface area contributed by atoms with Crippen molar-refractivity contribution in [3.8, 4) is 22.7 Å². The first-order chi connectivity index (χ1) is 17.7. The second kappa shape index (κ2) is 9.69. The molecule has 190 valence electrons. The molecule has 0 aliphatic heterocycles. The minimum absolute atomic E-state index is 0.163. The quantitative estimate of drug-likeness (QED) is 0.398. The van der Waals surface area contributed by atoms with Crippen LogP contribution in [-0.2, 0) is 5.31 Å². The monoisotopic (exact) mass is 502 g/mol. The van der Waals surface area contributed by atoms with Gasteiger partial charge < -0.3 is 5.11 Å². The number of nitrogens with zero attached hydrogens (tertiary/aromatic N) is 4. The molecule has 1 N–H and O–H groups in total. The van der Waals surface area contributed by atoms with E-state index in [0.717, 1.165) is 50.2 Å². The van der Waals surface area contributed by atoms with Crippen molar-refractivity contribution >= 4 is 18.9 Å². The van der Waals surface area contributed by atoms with E-state index in [1.54, 1.807) is 19.2 Å². The zero-order valence-corrected chi connectivity index (χ0v) is 21.3. The van der Waals surface area contributed by atoms with E-state index in [0.29, 0.717) is 22.5 Å². The largest absolute Gasteiger partial charge is 0.507 e. The minimum Gasteiger partial charge on any atom is -0.507 e. The third kappa shape index (κ3) is 4.41. The van der Waals surface area contributed by atoms with Gasteiger partial charge in [0.2, 0.25) is 0 Å². The molecule has 9 heteroatoms. The highest BCUT2D eigenvalue weighted by atomic mass is 19.1. The Morgan fingerprint density at radius 2 is 1.70 bits per heavy atom. The van der Waals surface area contributed by atoms with E-state index in [1.165, 1.54) is 29.2 Å². The lowest BCUT2D eigenvalue weighted by atomic mass is 9.59. The van der Waals surface area contributed by atoms with Gasteiger partial charge in [0, 0.05) is 11.6 Å². The van der Waals surface area contributed by atoms with Gasteiger partial charge in [-0.3, -0.25) is 4.98 Å². The summed E-state index contributed by atoms with van der Waals surface area (Å²) in [5.74, 6) is -2.04. The van der Waals surface area contributed by atoms with Gasteiger partial charge in [-0.25, -0.2) is 23.1 Å². The number of hydrogen-bond acceptors (Lipinski definition) is 5. The number of aromatic nitrogens is 4. The van der Waals surface area contributed by atoms with Gasteiger partial charge in [0.05, 0.1) is 22.6 Å². The van der Waals surface area contributed by atoms with Gasteiger partial charge in [-0.2, -0.15) is 4.98 Å². The Morgan fingerprint density at radius 3 is 2.38 bits per heavy atom. The molecule has 1 aliphatic carbocycles. The van der Waals surface area contributed by atoms with E-state index in [2.05, 4.69) is 22.8 Å². The van der Waals surface area contributed by atoms with Gasteiger partial charge in [0.25, 0.3) is 0 Å². The van der Waals surface area contributed by atoms with Gasteiger partial charge >= 0.3 is 5.69 Å². The predicted molar refractivity (Wildman–Crippen MR) is 142 cm³/mol. The van der Waals surface area contributed by atoms with E-state index in [1.807, 2.05) is 6.92 Å². The van der Waals surface area contributed by atoms with Crippen molar-refractivity contribution in [2.45, 2.75) is 64.1 Å². The standard InChI is InChI=1S/C28H29BF2N4O2/c1-16-11-14-32-17(2)24(16)35-26-18(15-20(31)23(33-26)22-19(30)9-8-10-21(22)36)25(34-27(35)37)28(29)12-6-4-3-5-7-13-28/h8-11,14-15,36H,3-7,12-13,29H2,1-2H3. The molecule has 5 rings (SSSR count). The van der Waals surface area contributed by atoms with Crippen LogP contribution in [-0.4, -0.2) is 32.5 Å². The average Bonchev–Trinajstić information content (AvgIpc) is 2.83. The first kappa shape index (κ1) is 25.1. The van der Waals surface area contributed by atoms with Crippen molar-refractivity contribution in [1.29, 1.82) is 0 Å². The summed E-state index contributed by atoms with van der Waals surface area (Å²) in [4.78, 5) is 27.2. The smallest absolute Gasteiger partial charge is 0.354 e. The minimum atomic E-state index is -0.811. The molecule has 0 bridgehead atoms. The third-order valence-electron chi connectivity index (χ3n) is 7.61. The Morgan fingerprint density at radius 1 is 1.00 bits per heavy atom. The number of phenols is 1. The highest BCUT2D eigenvalue weighted by molar-refractivity contribution is 6.17. The summed E-state index contributed by atoms with van der Waals surface area (Å²) in [7, 11) is 2.08. The number of phenolic OH excluding ortho intramolecular Hbond substituents is 1. The van der Waals surface area contributed by atoms with E-state index in [-0.39, 0.29) is 16.9 Å². The number of halogens is 2. The van der Waals surface area contributed by atoms with Crippen LogP contribution in [0.5, 0.6) is 5.75 Å². The zero-order valence-electron chi connectivity index (χ0n) is 21.3. The maximum atomic E-state index is 15.7. The molecule has 1 aliphatic rings. The van der Waals surface area contributed by atoms with E-state index < -0.39 is 28.4 Å². The van der Waals surface area contributed by atoms with Crippen LogP contribution in [0.1, 0.15) is 61.9 Å². The molecule has 1 saturated carbocycles. The Bertz CT molecular complexity index is 1520. The summed E-state index contributed by atoms with van der Waals surface area (Å²) in [6.07, 6.45) is 8.64. The van der Waals surface area contributed by atoms with Crippen molar-refractivity contribution < 1.29 is 13.9 Å². The topological polar surface area (TPSA) is 80.9 Å². The molecular formula is C28H29BF2N4O2. The number of pyridine rings is 2. The lowest BCUT2D eigenvalue weighted by molar-refractivity contribution is 0.409. The van der Waals surface area contributed by atoms with Gasteiger partial charge in [-0.05, 0) is 61.8 Å². The first-order valence-electron chi connectivity index (χ1n) is 12.8. The maximum Gasteiger partial charge on any atom is 0.354 e. The van der Waals surface area contributed by atoms with Crippen molar-refractivity contribution in [2.24, 2.45) is 0 Å². The van der Waals surface area contributed by atoms with Crippen molar-refractivity contribution in [2.75, 3.05) is 0 Å². The number of fused-ring (bicyclic) bond motifs is 1. The summed E-state index contributed by atoms with van der Waals surface area (Å²) in [6.45, 7) is 3.62. The highest BCUT2D eigenvalue weighted by Gasteiger charge is 2.33. The molecule has 0 unspecified atom stereocenters. The molecule has 3 aromatic heterocycles. The Kier molecular flexibility index (Phi) is 6.56. The number of benzene rings is 1. The molecule has 1 fully saturated rings. The summed E-state index contributed by atoms with van der Waals surface area (Å²) in [5, 5.41) is 10.4. The number of hydrogen-bond donors (Lipinski definition) is 1. The van der Waals surface area contributed by atoms with Crippen LogP contribution in [0.4, 0.5) is 8.78 Å². The molecule has 0 radical (unpaired) electrons. The lowest BCUT2D eigenvalue weighted by Gasteiger charge is -2.32. The van der Waals surface area contributed by atoms with Crippen molar-refractivity contribution in [1.82, 2.24) is 19.5 Å². The second-order valence-corrected chi connectivity index (χ2v) is 10.3. The van der Waals surface area contributed by atoms with Crippen LogP contribution < -0.4 is 5.69 Å². The van der Waals surface area contributed by atoms with Crippen LogP contribution >= 0.6 is 0 Å². The Labute approximate surface area is 214 Å². The first-order valence-corrected chi connectivity index (χ1v) is 12.8. The number of aromatic hydroxyl groups is 1. The predicted octanol–water partition coefficient (Wildman–Crippen LogP) is 5.02. The highest BCUT2D eigenvalue weighted by Crippen LogP contribution is 2.39. The lowest BCUT2D eigenvalue weighted by Crippen LogP contribution is -2.35. The fourth-order valence-electron chi connectivity index (χ4n) is 5.65. The molecule has 6 nitrogen and oxygen atoms in total. The SMILES string of the molecule is BC1(c2nc(=O)n(-c3c(C)ccnc3C)c3nc(-c4c(O)cccc4F)c(F)cc23)CCCCCCC1. The fourth-order valence-corrected chi connectivity index (χ4v) is 5.65. The van der Waals surface area contributed by atoms with Crippen LogP contribution in [0.15, 0.2) is 41.3 Å². The Hall–Kier alpha value is -3.62. The zero-order chi connectivity index (χ0) is 26.3. The molecule has 0 amide bonds. The summed E-state index contributed by atoms with van der Waals surface area (Å²) in [5.41, 5.74) is 1.26. The van der Waals surface area contributed by atoms with E-state index >= 15 is 4.39 Å². The molecule has 37 heavy (non-hydrogen) atoms. The summed E-state index contributed by atoms with van der Waals surface area (Å²) in [6, 6.07) is 6.81. The molecule has 4 aromatic rings. The van der Waals surface area contributed by atoms with Crippen LogP contribution in [0, 0.1) is 25.5 Å². The van der Waals surface area contributed by atoms with Gasteiger partial charge in [0.15, 0.2) is 11.5 Å². The normalized spacial score (nSPS) is 15.9. The average molecular weight is 502 g/mol. The third-order valence-corrected chi connectivity index (χ3v) is 7.61. The van der Waals surface area contributed by atoms with E-state index in [9.17, 15) is 14.3 Å². The summed E-state index contributed by atoms with van der Waals surface area (Å²) < 4.78 is 31.8. The van der Waals surface area contributed by atoms with E-state index in [4.69, 9.17) is 0 Å². The molecule has 0 atom stereocenters. The second-order valence-electron chi connectivity index (χ2n) is 10.3. The van der Waals surface area contributed by atoms with Gasteiger partial charge in [-0.1, -0.05) is 38.2 Å². The fraction of sp³-hybridized carbons (Fsp3) is 0.357. The van der Waals surface area contributed by atoms with Crippen LogP contribution in [0.3, 0.4) is 0 Å². The molecule has 1 aromatic carbocycles. The van der Waals surface area contributed by atoms with Crippen molar-refractivity contribution in [3.05, 3.63) is 75.6 Å². The van der Waals surface area contributed by atoms with Gasteiger partial charge in [0.1, 0.15) is 25.1 Å². The molecule has 0 saturated heterocycles. The van der Waals surface area contributed by atoms with Crippen LogP contribution in [0.25, 0.3) is 28.0 Å². The Balaban J connectivity index is 1.90. The number of rotatable bonds is 3. The molecule has 0 spiro atoms. The molecular weight excluding hydrogens is 473 g/mol. The number of aryl methyl sites for hydroxylation is 2. The van der Waals surface area contributed by atoms with Gasteiger partial charge in [-0.15, -0.1) is 0 Å². The van der Waals surface area contributed by atoms with Crippen LogP contribution in [0.2, 0.25) is 0 Å². The maximum absolute atomic E-state index is 15.7. The summed E-state index contributed by atoms with van der Waals surface area (Å²) >= 11 is 0. The van der Waals surface area contributed by atoms with Crippen molar-refractivity contribution in [3.63, 3.8) is 0 Å².